The molecule has 2 aromatic rings. The molecular weight excluding hydrogens is 310 g/mol. The van der Waals surface area contributed by atoms with Gasteiger partial charge in [0.2, 0.25) is 0 Å². The van der Waals surface area contributed by atoms with Crippen molar-refractivity contribution in [3.05, 3.63) is 40.9 Å². The SMILES string of the molecule is Cc1cnc(NC(=O)N2CCN(c3cccc(C#N)c3)CC2)s1. The highest BCUT2D eigenvalue weighted by Gasteiger charge is 2.22. The van der Waals surface area contributed by atoms with E-state index in [9.17, 15) is 4.79 Å². The van der Waals surface area contributed by atoms with E-state index in [1.54, 1.807) is 17.2 Å². The van der Waals surface area contributed by atoms with Crippen LogP contribution in [0.4, 0.5) is 15.6 Å². The summed E-state index contributed by atoms with van der Waals surface area (Å²) in [4.78, 5) is 21.4. The molecule has 0 unspecified atom stereocenters. The molecule has 0 aliphatic carbocycles. The van der Waals surface area contributed by atoms with Crippen molar-refractivity contribution in [3.8, 4) is 6.07 Å². The van der Waals surface area contributed by atoms with Crippen molar-refractivity contribution in [1.29, 1.82) is 5.26 Å². The Morgan fingerprint density at radius 1 is 1.35 bits per heavy atom. The number of aryl methyl sites for hydroxylation is 1. The number of hydrogen-bond donors (Lipinski definition) is 1. The topological polar surface area (TPSA) is 72.3 Å². The predicted molar refractivity (Wildman–Crippen MR) is 90.8 cm³/mol. The molecule has 1 N–H and O–H groups in total. The first-order valence-corrected chi connectivity index (χ1v) is 8.21. The van der Waals surface area contributed by atoms with E-state index in [1.807, 2.05) is 25.1 Å². The van der Waals surface area contributed by atoms with Gasteiger partial charge in [-0.2, -0.15) is 5.26 Å². The van der Waals surface area contributed by atoms with Crippen LogP contribution >= 0.6 is 11.3 Å². The maximum absolute atomic E-state index is 12.2. The van der Waals surface area contributed by atoms with Crippen molar-refractivity contribution in [3.63, 3.8) is 0 Å². The van der Waals surface area contributed by atoms with Crippen LogP contribution in [0, 0.1) is 18.3 Å². The van der Waals surface area contributed by atoms with E-state index in [-0.39, 0.29) is 6.03 Å². The fourth-order valence-corrected chi connectivity index (χ4v) is 3.18. The normalized spacial score (nSPS) is 14.4. The van der Waals surface area contributed by atoms with E-state index in [2.05, 4.69) is 21.3 Å². The minimum Gasteiger partial charge on any atom is -0.368 e. The maximum atomic E-state index is 12.2. The van der Waals surface area contributed by atoms with Crippen molar-refractivity contribution < 1.29 is 4.79 Å². The third kappa shape index (κ3) is 3.60. The summed E-state index contributed by atoms with van der Waals surface area (Å²) < 4.78 is 0. The lowest BCUT2D eigenvalue weighted by Gasteiger charge is -2.35. The summed E-state index contributed by atoms with van der Waals surface area (Å²) in [6.07, 6.45) is 1.75. The van der Waals surface area contributed by atoms with Gasteiger partial charge in [-0.15, -0.1) is 11.3 Å². The molecule has 1 fully saturated rings. The lowest BCUT2D eigenvalue weighted by molar-refractivity contribution is 0.208. The number of hydrogen-bond acceptors (Lipinski definition) is 5. The second-order valence-corrected chi connectivity index (χ2v) is 6.58. The molecule has 0 spiro atoms. The Morgan fingerprint density at radius 2 is 2.13 bits per heavy atom. The quantitative estimate of drug-likeness (QED) is 0.920. The number of rotatable bonds is 2. The third-order valence-corrected chi connectivity index (χ3v) is 4.57. The largest absolute Gasteiger partial charge is 0.368 e. The zero-order valence-electron chi connectivity index (χ0n) is 12.8. The van der Waals surface area contributed by atoms with Crippen molar-refractivity contribution >= 4 is 28.2 Å². The van der Waals surface area contributed by atoms with E-state index in [0.29, 0.717) is 23.8 Å². The minimum atomic E-state index is -0.107. The molecule has 0 saturated carbocycles. The molecule has 1 aromatic heterocycles. The Balaban J connectivity index is 1.57. The second-order valence-electron chi connectivity index (χ2n) is 5.34. The van der Waals surface area contributed by atoms with Crippen LogP contribution in [-0.2, 0) is 0 Å². The average Bonchev–Trinajstić information content (AvgIpc) is 3.00. The van der Waals surface area contributed by atoms with Gasteiger partial charge in [-0.1, -0.05) is 6.07 Å². The maximum Gasteiger partial charge on any atom is 0.323 e. The van der Waals surface area contributed by atoms with E-state index < -0.39 is 0 Å². The number of nitriles is 1. The molecule has 3 rings (SSSR count). The minimum absolute atomic E-state index is 0.107. The number of amides is 2. The fraction of sp³-hybridized carbons (Fsp3) is 0.312. The van der Waals surface area contributed by atoms with E-state index >= 15 is 0 Å². The summed E-state index contributed by atoms with van der Waals surface area (Å²) >= 11 is 1.47. The molecule has 6 nitrogen and oxygen atoms in total. The van der Waals surface area contributed by atoms with Crippen molar-refractivity contribution in [2.45, 2.75) is 6.92 Å². The Bertz CT molecular complexity index is 743. The van der Waals surface area contributed by atoms with Gasteiger partial charge in [-0.3, -0.25) is 5.32 Å². The summed E-state index contributed by atoms with van der Waals surface area (Å²) in [5.41, 5.74) is 1.68. The Labute approximate surface area is 139 Å². The van der Waals surface area contributed by atoms with Crippen LogP contribution in [0.3, 0.4) is 0 Å². The molecule has 0 atom stereocenters. The number of nitrogens with one attached hydrogen (secondary N) is 1. The van der Waals surface area contributed by atoms with Crippen LogP contribution in [-0.4, -0.2) is 42.1 Å². The van der Waals surface area contributed by atoms with Crippen molar-refractivity contribution in [1.82, 2.24) is 9.88 Å². The third-order valence-electron chi connectivity index (χ3n) is 3.74. The lowest BCUT2D eigenvalue weighted by Crippen LogP contribution is -2.50. The highest BCUT2D eigenvalue weighted by Crippen LogP contribution is 2.20. The molecule has 1 aliphatic rings. The fourth-order valence-electron chi connectivity index (χ4n) is 2.52. The van der Waals surface area contributed by atoms with Gasteiger partial charge >= 0.3 is 6.03 Å². The Morgan fingerprint density at radius 3 is 2.78 bits per heavy atom. The smallest absolute Gasteiger partial charge is 0.323 e. The van der Waals surface area contributed by atoms with Crippen LogP contribution in [0.25, 0.3) is 0 Å². The number of aromatic nitrogens is 1. The molecule has 23 heavy (non-hydrogen) atoms. The van der Waals surface area contributed by atoms with E-state index in [4.69, 9.17) is 5.26 Å². The monoisotopic (exact) mass is 327 g/mol. The van der Waals surface area contributed by atoms with Crippen molar-refractivity contribution in [2.24, 2.45) is 0 Å². The first-order chi connectivity index (χ1) is 11.2. The zero-order valence-corrected chi connectivity index (χ0v) is 13.6. The summed E-state index contributed by atoms with van der Waals surface area (Å²) in [6.45, 7) is 4.75. The number of piperazine rings is 1. The zero-order chi connectivity index (χ0) is 16.2. The molecule has 1 aromatic carbocycles. The van der Waals surface area contributed by atoms with Gasteiger partial charge < -0.3 is 9.80 Å². The number of urea groups is 1. The standard InChI is InChI=1S/C16H17N5OS/c1-12-11-18-15(23-12)19-16(22)21-7-5-20(6-8-21)14-4-2-3-13(9-14)10-17/h2-4,9,11H,5-8H2,1H3,(H,18,19,22). The summed E-state index contributed by atoms with van der Waals surface area (Å²) in [6, 6.07) is 9.61. The summed E-state index contributed by atoms with van der Waals surface area (Å²) in [5.74, 6) is 0. The number of benzene rings is 1. The van der Waals surface area contributed by atoms with Gasteiger partial charge in [0.05, 0.1) is 11.6 Å². The van der Waals surface area contributed by atoms with E-state index in [1.165, 1.54) is 11.3 Å². The number of thiazole rings is 1. The van der Waals surface area contributed by atoms with Crippen LogP contribution in [0.15, 0.2) is 30.5 Å². The lowest BCUT2D eigenvalue weighted by atomic mass is 10.2. The molecule has 118 valence electrons. The van der Waals surface area contributed by atoms with E-state index in [0.717, 1.165) is 23.7 Å². The molecule has 2 heterocycles. The summed E-state index contributed by atoms with van der Waals surface area (Å²) in [7, 11) is 0. The Kier molecular flexibility index (Phi) is 4.44. The van der Waals surface area contributed by atoms with Gasteiger partial charge in [0.25, 0.3) is 0 Å². The first kappa shape index (κ1) is 15.3. The van der Waals surface area contributed by atoms with Crippen LogP contribution in [0.5, 0.6) is 0 Å². The summed E-state index contributed by atoms with van der Waals surface area (Å²) in [5, 5.41) is 12.5. The molecule has 7 heteroatoms. The van der Waals surface area contributed by atoms with Gasteiger partial charge in [-0.05, 0) is 25.1 Å². The van der Waals surface area contributed by atoms with Crippen LogP contribution in [0.1, 0.15) is 10.4 Å². The molecule has 1 aliphatic heterocycles. The molecule has 1 saturated heterocycles. The molecule has 2 amide bonds. The molecule has 0 bridgehead atoms. The average molecular weight is 327 g/mol. The van der Waals surface area contributed by atoms with Gasteiger partial charge in [0.15, 0.2) is 5.13 Å². The highest BCUT2D eigenvalue weighted by atomic mass is 32.1. The van der Waals surface area contributed by atoms with Crippen LogP contribution in [0.2, 0.25) is 0 Å². The van der Waals surface area contributed by atoms with Gasteiger partial charge in [0, 0.05) is 42.9 Å². The molecular formula is C16H17N5OS. The number of carbonyl (C=O) groups is 1. The van der Waals surface area contributed by atoms with Crippen molar-refractivity contribution in [2.75, 3.05) is 36.4 Å². The predicted octanol–water partition coefficient (Wildman–Crippen LogP) is 2.68. The first-order valence-electron chi connectivity index (χ1n) is 7.39. The van der Waals surface area contributed by atoms with Gasteiger partial charge in [0.1, 0.15) is 0 Å². The highest BCUT2D eigenvalue weighted by molar-refractivity contribution is 7.15. The number of anilines is 2. The second kappa shape index (κ2) is 6.67. The van der Waals surface area contributed by atoms with Gasteiger partial charge in [-0.25, -0.2) is 9.78 Å². The molecule has 0 radical (unpaired) electrons. The Hall–Kier alpha value is -2.59. The number of carbonyl (C=O) groups excluding carboxylic acids is 1. The van der Waals surface area contributed by atoms with Crippen LogP contribution < -0.4 is 10.2 Å². The number of nitrogens with zero attached hydrogens (tertiary/aromatic N) is 4.